The van der Waals surface area contributed by atoms with E-state index in [9.17, 15) is 14.7 Å². The number of ether oxygens (including phenoxy) is 2. The molecule has 1 aromatic heterocycles. The molecule has 1 aliphatic heterocycles. The van der Waals surface area contributed by atoms with Gasteiger partial charge in [0.1, 0.15) is 5.76 Å². The van der Waals surface area contributed by atoms with E-state index in [0.717, 1.165) is 12.0 Å². The summed E-state index contributed by atoms with van der Waals surface area (Å²) in [5.74, 6) is 0.0165. The fourth-order valence-electron chi connectivity index (χ4n) is 4.71. The first-order valence-corrected chi connectivity index (χ1v) is 16.9. The van der Waals surface area contributed by atoms with Crippen molar-refractivity contribution in [2.24, 2.45) is 5.92 Å². The van der Waals surface area contributed by atoms with Crippen molar-refractivity contribution < 1.29 is 24.2 Å². The van der Waals surface area contributed by atoms with Crippen molar-refractivity contribution >= 4 is 68.9 Å². The molecule has 0 spiro atoms. The first kappa shape index (κ1) is 32.8. The largest absolute Gasteiger partial charge is 0.507 e. The van der Waals surface area contributed by atoms with Crippen molar-refractivity contribution in [3.63, 3.8) is 0 Å². The van der Waals surface area contributed by atoms with E-state index < -0.39 is 17.7 Å². The fraction of sp³-hybridized carbons (Fsp3) is 0.273. The first-order valence-electron chi connectivity index (χ1n) is 14.3. The van der Waals surface area contributed by atoms with Crippen LogP contribution in [0, 0.1) is 5.92 Å². The summed E-state index contributed by atoms with van der Waals surface area (Å²) in [6.07, 6.45) is 0.864. The van der Waals surface area contributed by atoms with Gasteiger partial charge in [0.2, 0.25) is 5.13 Å². The Morgan fingerprint density at radius 3 is 2.49 bits per heavy atom. The smallest absolute Gasteiger partial charge is 0.301 e. The Morgan fingerprint density at radius 2 is 1.78 bits per heavy atom. The van der Waals surface area contributed by atoms with E-state index in [1.165, 1.54) is 28.0 Å². The Hall–Kier alpha value is -3.57. The first-order chi connectivity index (χ1) is 21.7. The molecule has 0 radical (unpaired) electrons. The van der Waals surface area contributed by atoms with Gasteiger partial charge >= 0.3 is 5.91 Å². The number of Topliss-reactive ketones (excluding diaryl/α,β-unsaturated/α-hetero) is 1. The number of aliphatic hydroxyl groups excluding tert-OH is 1. The van der Waals surface area contributed by atoms with Crippen molar-refractivity contribution in [1.82, 2.24) is 10.2 Å². The third-order valence-electron chi connectivity index (χ3n) is 7.01. The molecule has 45 heavy (non-hydrogen) atoms. The molecule has 2 heterocycles. The monoisotopic (exact) mass is 683 g/mol. The highest BCUT2D eigenvalue weighted by atomic mass is 35.5. The molecule has 0 aliphatic carbocycles. The molecular formula is C33H31Cl2N3O5S2. The molecule has 0 bridgehead atoms. The average Bonchev–Trinajstić information content (AvgIpc) is 3.59. The molecule has 1 fully saturated rings. The van der Waals surface area contributed by atoms with Crippen LogP contribution in [0.1, 0.15) is 49.9 Å². The van der Waals surface area contributed by atoms with Gasteiger partial charge in [0.15, 0.2) is 15.8 Å². The number of anilines is 1. The second kappa shape index (κ2) is 14.7. The van der Waals surface area contributed by atoms with Crippen molar-refractivity contribution in [2.45, 2.75) is 43.3 Å². The van der Waals surface area contributed by atoms with E-state index in [4.69, 9.17) is 32.7 Å². The molecule has 5 rings (SSSR count). The van der Waals surface area contributed by atoms with E-state index in [1.54, 1.807) is 42.5 Å². The highest BCUT2D eigenvalue weighted by Crippen LogP contribution is 2.46. The standard InChI is InChI=1S/C33H31Cl2N3O5S2/c1-4-42-26-17-21(11-14-25(26)43-16-15-19(2)3)28-27(29(39)20-9-12-23(34)13-10-20)30(40)31(41)38(28)32-36-37-33(45-32)44-18-22-7-5-6-8-24(22)35/h5-14,17,19,28,39H,4,15-16,18H2,1-3H3/b29-27+. The molecule has 1 saturated heterocycles. The van der Waals surface area contributed by atoms with Crippen LogP contribution in [0.3, 0.4) is 0 Å². The molecule has 8 nitrogen and oxygen atoms in total. The molecule has 1 aliphatic rings. The Bertz CT molecular complexity index is 1730. The maximum atomic E-state index is 13.7. The van der Waals surface area contributed by atoms with Gasteiger partial charge < -0.3 is 14.6 Å². The lowest BCUT2D eigenvalue weighted by Crippen LogP contribution is -2.29. The Labute approximate surface area is 280 Å². The fourth-order valence-corrected chi connectivity index (χ4v) is 6.99. The lowest BCUT2D eigenvalue weighted by Gasteiger charge is -2.24. The van der Waals surface area contributed by atoms with Crippen LogP contribution in [-0.2, 0) is 15.3 Å². The van der Waals surface area contributed by atoms with Crippen LogP contribution in [0.5, 0.6) is 11.5 Å². The molecular weight excluding hydrogens is 653 g/mol. The van der Waals surface area contributed by atoms with Crippen molar-refractivity contribution in [3.8, 4) is 11.5 Å². The third-order valence-corrected chi connectivity index (χ3v) is 9.73. The maximum absolute atomic E-state index is 13.7. The van der Waals surface area contributed by atoms with Gasteiger partial charge in [-0.2, -0.15) is 0 Å². The molecule has 12 heteroatoms. The summed E-state index contributed by atoms with van der Waals surface area (Å²) < 4.78 is 12.5. The number of hydrogen-bond donors (Lipinski definition) is 1. The van der Waals surface area contributed by atoms with E-state index in [0.29, 0.717) is 61.9 Å². The summed E-state index contributed by atoms with van der Waals surface area (Å²) >= 11 is 15.0. The quantitative estimate of drug-likeness (QED) is 0.0521. The molecule has 1 unspecified atom stereocenters. The summed E-state index contributed by atoms with van der Waals surface area (Å²) in [6.45, 7) is 6.98. The topological polar surface area (TPSA) is 102 Å². The SMILES string of the molecule is CCOc1cc(C2/C(=C(\O)c3ccc(Cl)cc3)C(=O)C(=O)N2c2nnc(SCc3ccccc3Cl)s2)ccc1OCCC(C)C. The number of hydrogen-bond acceptors (Lipinski definition) is 9. The van der Waals surface area contributed by atoms with Crippen LogP contribution < -0.4 is 14.4 Å². The summed E-state index contributed by atoms with van der Waals surface area (Å²) in [5.41, 5.74) is 1.72. The Kier molecular flexibility index (Phi) is 10.7. The number of nitrogens with zero attached hydrogens (tertiary/aromatic N) is 3. The highest BCUT2D eigenvalue weighted by Gasteiger charge is 2.48. The van der Waals surface area contributed by atoms with Crippen LogP contribution in [0.2, 0.25) is 10.0 Å². The summed E-state index contributed by atoms with van der Waals surface area (Å²) in [6, 6.07) is 18.2. The average molecular weight is 685 g/mol. The molecule has 1 N–H and O–H groups in total. The van der Waals surface area contributed by atoms with Crippen molar-refractivity contribution in [1.29, 1.82) is 0 Å². The number of halogens is 2. The number of thioether (sulfide) groups is 1. The van der Waals surface area contributed by atoms with E-state index in [1.807, 2.05) is 31.2 Å². The molecule has 3 aromatic carbocycles. The maximum Gasteiger partial charge on any atom is 0.301 e. The van der Waals surface area contributed by atoms with Crippen LogP contribution in [-0.4, -0.2) is 40.2 Å². The van der Waals surface area contributed by atoms with Gasteiger partial charge in [0, 0.05) is 21.4 Å². The number of benzene rings is 3. The van der Waals surface area contributed by atoms with Gasteiger partial charge in [-0.1, -0.05) is 84.4 Å². The van der Waals surface area contributed by atoms with Crippen LogP contribution >= 0.6 is 46.3 Å². The summed E-state index contributed by atoms with van der Waals surface area (Å²) in [5, 5.41) is 21.4. The van der Waals surface area contributed by atoms with Gasteiger partial charge in [0.25, 0.3) is 5.78 Å². The van der Waals surface area contributed by atoms with E-state index in [2.05, 4.69) is 24.0 Å². The number of aromatic nitrogens is 2. The Morgan fingerprint density at radius 1 is 1.02 bits per heavy atom. The normalized spacial score (nSPS) is 16.0. The number of ketones is 1. The number of carbonyl (C=O) groups is 2. The van der Waals surface area contributed by atoms with Crippen molar-refractivity contribution in [2.75, 3.05) is 18.1 Å². The minimum absolute atomic E-state index is 0.0845. The van der Waals surface area contributed by atoms with Crippen LogP contribution in [0.15, 0.2) is 76.6 Å². The molecule has 234 valence electrons. The van der Waals surface area contributed by atoms with Crippen molar-refractivity contribution in [3.05, 3.63) is 99.0 Å². The molecule has 1 atom stereocenters. The molecule has 4 aromatic rings. The summed E-state index contributed by atoms with van der Waals surface area (Å²) in [4.78, 5) is 28.6. The van der Waals surface area contributed by atoms with Gasteiger partial charge in [0.05, 0.1) is 24.8 Å². The zero-order valence-corrected chi connectivity index (χ0v) is 28.0. The number of aliphatic hydroxyl groups is 1. The van der Waals surface area contributed by atoms with Crippen LogP contribution in [0.25, 0.3) is 5.76 Å². The molecule has 0 saturated carbocycles. The second-order valence-electron chi connectivity index (χ2n) is 10.6. The van der Waals surface area contributed by atoms with Gasteiger partial charge in [-0.3, -0.25) is 14.5 Å². The number of amides is 1. The van der Waals surface area contributed by atoms with E-state index in [-0.39, 0.29) is 16.5 Å². The number of carbonyl (C=O) groups excluding carboxylic acids is 2. The van der Waals surface area contributed by atoms with Crippen LogP contribution in [0.4, 0.5) is 5.13 Å². The zero-order valence-electron chi connectivity index (χ0n) is 24.8. The van der Waals surface area contributed by atoms with E-state index >= 15 is 0 Å². The minimum Gasteiger partial charge on any atom is -0.507 e. The Balaban J connectivity index is 1.56. The highest BCUT2D eigenvalue weighted by molar-refractivity contribution is 8.00. The predicted octanol–water partition coefficient (Wildman–Crippen LogP) is 8.59. The summed E-state index contributed by atoms with van der Waals surface area (Å²) in [7, 11) is 0. The van der Waals surface area contributed by atoms with Gasteiger partial charge in [-0.15, -0.1) is 10.2 Å². The van der Waals surface area contributed by atoms with Gasteiger partial charge in [-0.25, -0.2) is 0 Å². The second-order valence-corrected chi connectivity index (χ2v) is 13.6. The van der Waals surface area contributed by atoms with Gasteiger partial charge in [-0.05, 0) is 72.9 Å². The lowest BCUT2D eigenvalue weighted by molar-refractivity contribution is -0.132. The predicted molar refractivity (Wildman–Crippen MR) is 180 cm³/mol. The molecule has 1 amide bonds. The zero-order chi connectivity index (χ0) is 32.1. The third kappa shape index (κ3) is 7.47. The number of rotatable bonds is 12. The lowest BCUT2D eigenvalue weighted by atomic mass is 9.95. The minimum atomic E-state index is -1.01.